The lowest BCUT2D eigenvalue weighted by atomic mass is 10.2. The maximum absolute atomic E-state index is 12.2. The third kappa shape index (κ3) is 2.97. The molecule has 6 nitrogen and oxygen atoms in total. The first kappa shape index (κ1) is 14.6. The Morgan fingerprint density at radius 1 is 1.29 bits per heavy atom. The van der Waals surface area contributed by atoms with E-state index in [0.29, 0.717) is 6.54 Å². The van der Waals surface area contributed by atoms with E-state index < -0.39 is 5.60 Å². The summed E-state index contributed by atoms with van der Waals surface area (Å²) in [5.74, 6) is 0.731. The number of carbonyl (C=O) groups excluding carboxylic acids is 1. The van der Waals surface area contributed by atoms with E-state index in [-0.39, 0.29) is 18.2 Å². The molecule has 114 valence electrons. The number of likely N-dealkylation sites (tertiary alicyclic amines) is 1. The molecular formula is C14H19BrN4O2. The quantitative estimate of drug-likeness (QED) is 0.775. The zero-order valence-electron chi connectivity index (χ0n) is 12.4. The number of nitrogens with zero attached hydrogens (tertiary/aromatic N) is 4. The first-order valence-electron chi connectivity index (χ1n) is 7.07. The molecule has 0 spiro atoms. The second-order valence-corrected chi connectivity index (χ2v) is 7.45. The third-order valence-corrected chi connectivity index (χ3v) is 4.14. The van der Waals surface area contributed by atoms with Gasteiger partial charge < -0.3 is 14.5 Å². The molecule has 0 aromatic carbocycles. The van der Waals surface area contributed by atoms with Crippen LogP contribution in [0.1, 0.15) is 27.2 Å². The van der Waals surface area contributed by atoms with Crippen molar-refractivity contribution in [1.82, 2.24) is 14.9 Å². The van der Waals surface area contributed by atoms with Crippen molar-refractivity contribution < 1.29 is 9.53 Å². The Morgan fingerprint density at radius 2 is 1.95 bits per heavy atom. The van der Waals surface area contributed by atoms with Gasteiger partial charge in [0.2, 0.25) is 5.95 Å². The Morgan fingerprint density at radius 3 is 2.48 bits per heavy atom. The molecule has 1 unspecified atom stereocenters. The van der Waals surface area contributed by atoms with E-state index in [2.05, 4.69) is 30.8 Å². The molecule has 3 rings (SSSR count). The Labute approximate surface area is 132 Å². The van der Waals surface area contributed by atoms with Crippen molar-refractivity contribution in [2.24, 2.45) is 0 Å². The number of amides is 1. The molecule has 7 heteroatoms. The normalized spacial score (nSPS) is 24.6. The number of anilines is 1. The Hall–Kier alpha value is -1.37. The van der Waals surface area contributed by atoms with E-state index in [4.69, 9.17) is 4.74 Å². The van der Waals surface area contributed by atoms with E-state index in [0.717, 1.165) is 23.4 Å². The predicted octanol–water partition coefficient (Wildman–Crippen LogP) is 2.44. The van der Waals surface area contributed by atoms with Crippen LogP contribution in [-0.4, -0.2) is 51.7 Å². The first-order chi connectivity index (χ1) is 9.83. The molecule has 0 radical (unpaired) electrons. The van der Waals surface area contributed by atoms with Crippen molar-refractivity contribution in [1.29, 1.82) is 0 Å². The number of fused-ring (bicyclic) bond motifs is 2. The van der Waals surface area contributed by atoms with Crippen molar-refractivity contribution in [3.05, 3.63) is 16.9 Å². The Bertz CT molecular complexity index is 543. The van der Waals surface area contributed by atoms with E-state index in [1.807, 2.05) is 25.7 Å². The molecule has 0 aliphatic carbocycles. The summed E-state index contributed by atoms with van der Waals surface area (Å²) in [6, 6.07) is 0.473. The molecule has 2 bridgehead atoms. The molecule has 2 aliphatic heterocycles. The predicted molar refractivity (Wildman–Crippen MR) is 82.2 cm³/mol. The minimum Gasteiger partial charge on any atom is -0.444 e. The molecule has 1 aromatic heterocycles. The van der Waals surface area contributed by atoms with Crippen LogP contribution in [0.25, 0.3) is 0 Å². The number of halogens is 1. The molecule has 0 N–H and O–H groups in total. The van der Waals surface area contributed by atoms with Crippen LogP contribution < -0.4 is 4.90 Å². The average molecular weight is 355 g/mol. The standard InChI is InChI=1S/C14H19BrN4O2/c1-14(2,3)21-13(20)19-8-10-4-11(19)7-18(10)12-16-5-9(15)6-17-12/h5-6,10-11H,4,7-8H2,1-3H3/t10?,11-/m0/s1. The minimum atomic E-state index is -0.451. The van der Waals surface area contributed by atoms with Gasteiger partial charge in [-0.3, -0.25) is 0 Å². The lowest BCUT2D eigenvalue weighted by molar-refractivity contribution is 0.0214. The highest BCUT2D eigenvalue weighted by molar-refractivity contribution is 9.10. The number of hydrogen-bond donors (Lipinski definition) is 0. The summed E-state index contributed by atoms with van der Waals surface area (Å²) in [5.41, 5.74) is -0.451. The van der Waals surface area contributed by atoms with Crippen LogP contribution in [0.4, 0.5) is 10.7 Å². The van der Waals surface area contributed by atoms with Gasteiger partial charge in [-0.05, 0) is 43.1 Å². The maximum atomic E-state index is 12.2. The monoisotopic (exact) mass is 354 g/mol. The van der Waals surface area contributed by atoms with Gasteiger partial charge in [0.05, 0.1) is 16.6 Å². The summed E-state index contributed by atoms with van der Waals surface area (Å²) in [5, 5.41) is 0. The van der Waals surface area contributed by atoms with Gasteiger partial charge in [-0.15, -0.1) is 0 Å². The van der Waals surface area contributed by atoms with Gasteiger partial charge in [0.15, 0.2) is 0 Å². The first-order valence-corrected chi connectivity index (χ1v) is 7.86. The number of hydrogen-bond acceptors (Lipinski definition) is 5. The molecule has 1 amide bonds. The molecule has 2 fully saturated rings. The van der Waals surface area contributed by atoms with Gasteiger partial charge >= 0.3 is 6.09 Å². The number of ether oxygens (including phenoxy) is 1. The average Bonchev–Trinajstić information content (AvgIpc) is 2.97. The zero-order chi connectivity index (χ0) is 15.2. The molecule has 2 aliphatic rings. The number of aromatic nitrogens is 2. The van der Waals surface area contributed by atoms with Gasteiger partial charge in [-0.2, -0.15) is 0 Å². The fourth-order valence-electron chi connectivity index (χ4n) is 2.91. The zero-order valence-corrected chi connectivity index (χ0v) is 14.0. The number of piperazine rings is 1. The van der Waals surface area contributed by atoms with Crippen LogP contribution in [0, 0.1) is 0 Å². The Kier molecular flexibility index (Phi) is 3.55. The van der Waals surface area contributed by atoms with Gasteiger partial charge in [0.1, 0.15) is 5.60 Å². The van der Waals surface area contributed by atoms with Crippen molar-refractivity contribution in [2.45, 2.75) is 44.9 Å². The van der Waals surface area contributed by atoms with Crippen LogP contribution in [0.3, 0.4) is 0 Å². The van der Waals surface area contributed by atoms with E-state index in [9.17, 15) is 4.79 Å². The fourth-order valence-corrected chi connectivity index (χ4v) is 3.11. The highest BCUT2D eigenvalue weighted by Crippen LogP contribution is 2.33. The smallest absolute Gasteiger partial charge is 0.410 e. The van der Waals surface area contributed by atoms with Crippen molar-refractivity contribution in [3.63, 3.8) is 0 Å². The van der Waals surface area contributed by atoms with Gasteiger partial charge in [0.25, 0.3) is 0 Å². The minimum absolute atomic E-state index is 0.192. The summed E-state index contributed by atoms with van der Waals surface area (Å²) in [7, 11) is 0. The third-order valence-electron chi connectivity index (χ3n) is 3.73. The van der Waals surface area contributed by atoms with Crippen molar-refractivity contribution in [2.75, 3.05) is 18.0 Å². The molecule has 2 saturated heterocycles. The lowest BCUT2D eigenvalue weighted by Crippen LogP contribution is -2.50. The van der Waals surface area contributed by atoms with Gasteiger partial charge in [-0.1, -0.05) is 0 Å². The summed E-state index contributed by atoms with van der Waals surface area (Å²) in [6.07, 6.45) is 4.24. The summed E-state index contributed by atoms with van der Waals surface area (Å²) < 4.78 is 6.33. The lowest BCUT2D eigenvalue weighted by Gasteiger charge is -2.35. The molecule has 3 heterocycles. The van der Waals surface area contributed by atoms with Crippen LogP contribution in [0.15, 0.2) is 16.9 Å². The summed E-state index contributed by atoms with van der Waals surface area (Å²) >= 11 is 3.34. The van der Waals surface area contributed by atoms with E-state index in [1.165, 1.54) is 0 Å². The molecular weight excluding hydrogens is 336 g/mol. The van der Waals surface area contributed by atoms with Crippen LogP contribution in [-0.2, 0) is 4.74 Å². The number of rotatable bonds is 1. The van der Waals surface area contributed by atoms with Crippen LogP contribution >= 0.6 is 15.9 Å². The second kappa shape index (κ2) is 5.12. The van der Waals surface area contributed by atoms with Crippen LogP contribution in [0.2, 0.25) is 0 Å². The molecule has 1 aromatic rings. The Balaban J connectivity index is 1.66. The SMILES string of the molecule is CC(C)(C)OC(=O)N1CC2C[C@H]1CN2c1ncc(Br)cn1. The highest BCUT2D eigenvalue weighted by Gasteiger charge is 2.47. The van der Waals surface area contributed by atoms with E-state index in [1.54, 1.807) is 12.4 Å². The van der Waals surface area contributed by atoms with Gasteiger partial charge in [0, 0.05) is 25.5 Å². The largest absolute Gasteiger partial charge is 0.444 e. The topological polar surface area (TPSA) is 58.6 Å². The van der Waals surface area contributed by atoms with Crippen molar-refractivity contribution >= 4 is 28.0 Å². The maximum Gasteiger partial charge on any atom is 0.410 e. The van der Waals surface area contributed by atoms with Crippen LogP contribution in [0.5, 0.6) is 0 Å². The number of carbonyl (C=O) groups is 1. The second-order valence-electron chi connectivity index (χ2n) is 6.53. The molecule has 0 saturated carbocycles. The fraction of sp³-hybridized carbons (Fsp3) is 0.643. The molecule has 2 atom stereocenters. The van der Waals surface area contributed by atoms with Crippen molar-refractivity contribution in [3.8, 4) is 0 Å². The van der Waals surface area contributed by atoms with Gasteiger partial charge in [-0.25, -0.2) is 14.8 Å². The summed E-state index contributed by atoms with van der Waals surface area (Å²) in [4.78, 5) is 24.9. The molecule has 21 heavy (non-hydrogen) atoms. The highest BCUT2D eigenvalue weighted by atomic mass is 79.9. The summed E-state index contributed by atoms with van der Waals surface area (Å²) in [6.45, 7) is 7.12. The van der Waals surface area contributed by atoms with E-state index >= 15 is 0 Å².